The van der Waals surface area contributed by atoms with E-state index in [1.165, 1.54) is 10.5 Å². The first-order chi connectivity index (χ1) is 10.5. The standard InChI is InChI=1S/C14H16N4O3S/c15-14(19)11-9-16-17-13(11)12-7-4-8-18(12)22(20,21)10-5-2-1-3-6-10/h1-3,5-6,9,12H,4,7-8H2,(H2,15,19)(H,16,17). The van der Waals surface area contributed by atoms with Crippen molar-refractivity contribution in [2.75, 3.05) is 6.54 Å². The van der Waals surface area contributed by atoms with Crippen LogP contribution >= 0.6 is 0 Å². The van der Waals surface area contributed by atoms with Crippen LogP contribution in [-0.4, -0.2) is 35.4 Å². The Morgan fingerprint density at radius 2 is 2.05 bits per heavy atom. The van der Waals surface area contributed by atoms with E-state index in [1.807, 2.05) is 0 Å². The van der Waals surface area contributed by atoms with Gasteiger partial charge in [-0.25, -0.2) is 8.42 Å². The summed E-state index contributed by atoms with van der Waals surface area (Å²) in [5.41, 5.74) is 6.02. The van der Waals surface area contributed by atoms with Gasteiger partial charge in [0.2, 0.25) is 10.0 Å². The van der Waals surface area contributed by atoms with E-state index in [-0.39, 0.29) is 10.5 Å². The first-order valence-corrected chi connectivity index (χ1v) is 8.36. The molecule has 1 aliphatic heterocycles. The molecule has 3 rings (SSSR count). The molecule has 8 heteroatoms. The van der Waals surface area contributed by atoms with Crippen LogP contribution in [0.1, 0.15) is 34.9 Å². The lowest BCUT2D eigenvalue weighted by atomic mass is 10.1. The largest absolute Gasteiger partial charge is 0.365 e. The van der Waals surface area contributed by atoms with E-state index in [4.69, 9.17) is 5.73 Å². The average molecular weight is 320 g/mol. The number of hydrogen-bond acceptors (Lipinski definition) is 4. The lowest BCUT2D eigenvalue weighted by Crippen LogP contribution is -2.32. The summed E-state index contributed by atoms with van der Waals surface area (Å²) < 4.78 is 27.0. The van der Waals surface area contributed by atoms with E-state index < -0.39 is 22.0 Å². The number of nitrogens with zero attached hydrogens (tertiary/aromatic N) is 2. The molecule has 0 radical (unpaired) electrons. The van der Waals surface area contributed by atoms with Gasteiger partial charge in [-0.1, -0.05) is 18.2 Å². The zero-order valence-corrected chi connectivity index (χ0v) is 12.6. The number of aromatic nitrogens is 2. The number of aromatic amines is 1. The van der Waals surface area contributed by atoms with Crippen LogP contribution in [0.3, 0.4) is 0 Å². The second-order valence-corrected chi connectivity index (χ2v) is 7.04. The Morgan fingerprint density at radius 3 is 2.73 bits per heavy atom. The van der Waals surface area contributed by atoms with Crippen molar-refractivity contribution in [2.24, 2.45) is 5.73 Å². The van der Waals surface area contributed by atoms with Gasteiger partial charge in [0, 0.05) is 6.54 Å². The summed E-state index contributed by atoms with van der Waals surface area (Å²) in [6, 6.07) is 7.81. The SMILES string of the molecule is NC(=O)c1cn[nH]c1C1CCCN1S(=O)(=O)c1ccccc1. The average Bonchev–Trinajstić information content (AvgIpc) is 3.16. The minimum atomic E-state index is -3.62. The van der Waals surface area contributed by atoms with Crippen molar-refractivity contribution in [2.45, 2.75) is 23.8 Å². The number of nitrogens with two attached hydrogens (primary N) is 1. The summed E-state index contributed by atoms with van der Waals surface area (Å²) in [6.45, 7) is 0.402. The van der Waals surface area contributed by atoms with Crippen molar-refractivity contribution in [1.82, 2.24) is 14.5 Å². The minimum Gasteiger partial charge on any atom is -0.365 e. The maximum Gasteiger partial charge on any atom is 0.252 e. The molecule has 0 saturated carbocycles. The number of H-pyrrole nitrogens is 1. The highest BCUT2D eigenvalue weighted by molar-refractivity contribution is 7.89. The fourth-order valence-corrected chi connectivity index (χ4v) is 4.48. The van der Waals surface area contributed by atoms with E-state index in [0.717, 1.165) is 0 Å². The first kappa shape index (κ1) is 14.7. The number of sulfonamides is 1. The number of nitrogens with one attached hydrogen (secondary N) is 1. The van der Waals surface area contributed by atoms with Crippen molar-refractivity contribution in [1.29, 1.82) is 0 Å². The minimum absolute atomic E-state index is 0.236. The molecule has 1 aliphatic rings. The third-order valence-corrected chi connectivity index (χ3v) is 5.74. The highest BCUT2D eigenvalue weighted by atomic mass is 32.2. The zero-order valence-electron chi connectivity index (χ0n) is 11.8. The van der Waals surface area contributed by atoms with Gasteiger partial charge in [-0.05, 0) is 25.0 Å². The Morgan fingerprint density at radius 1 is 1.32 bits per heavy atom. The summed E-state index contributed by atoms with van der Waals surface area (Å²) in [6.07, 6.45) is 2.67. The zero-order chi connectivity index (χ0) is 15.7. The maximum atomic E-state index is 12.8. The second-order valence-electron chi connectivity index (χ2n) is 5.15. The van der Waals surface area contributed by atoms with Crippen molar-refractivity contribution < 1.29 is 13.2 Å². The molecule has 116 valence electrons. The summed E-state index contributed by atoms with van der Waals surface area (Å²) in [7, 11) is -3.62. The molecule has 1 atom stereocenters. The van der Waals surface area contributed by atoms with Gasteiger partial charge in [0.25, 0.3) is 5.91 Å². The number of amides is 1. The Bertz CT molecular complexity index is 785. The first-order valence-electron chi connectivity index (χ1n) is 6.92. The molecule has 0 aliphatic carbocycles. The van der Waals surface area contributed by atoms with Crippen molar-refractivity contribution in [3.05, 3.63) is 47.8 Å². The second kappa shape index (κ2) is 5.54. The van der Waals surface area contributed by atoms with Crippen LogP contribution in [0.2, 0.25) is 0 Å². The molecule has 3 N–H and O–H groups in total. The monoisotopic (exact) mass is 320 g/mol. The van der Waals surface area contributed by atoms with E-state index >= 15 is 0 Å². The van der Waals surface area contributed by atoms with Crippen LogP contribution in [0.4, 0.5) is 0 Å². The quantitative estimate of drug-likeness (QED) is 0.877. The maximum absolute atomic E-state index is 12.8. The lowest BCUT2D eigenvalue weighted by Gasteiger charge is -2.23. The smallest absolute Gasteiger partial charge is 0.252 e. The molecule has 1 unspecified atom stereocenters. The van der Waals surface area contributed by atoms with Crippen molar-refractivity contribution in [3.63, 3.8) is 0 Å². The molecule has 22 heavy (non-hydrogen) atoms. The van der Waals surface area contributed by atoms with Gasteiger partial charge in [-0.2, -0.15) is 9.40 Å². The molecule has 1 fully saturated rings. The van der Waals surface area contributed by atoms with E-state index in [2.05, 4.69) is 10.2 Å². The van der Waals surface area contributed by atoms with Gasteiger partial charge in [0.1, 0.15) is 0 Å². The summed E-state index contributed by atoms with van der Waals surface area (Å²) in [5, 5.41) is 6.56. The summed E-state index contributed by atoms with van der Waals surface area (Å²) in [4.78, 5) is 11.7. The normalized spacial score (nSPS) is 19.4. The van der Waals surface area contributed by atoms with Crippen LogP contribution in [0.25, 0.3) is 0 Å². The predicted molar refractivity (Wildman–Crippen MR) is 79.4 cm³/mol. The van der Waals surface area contributed by atoms with Gasteiger partial charge >= 0.3 is 0 Å². The van der Waals surface area contributed by atoms with E-state index in [9.17, 15) is 13.2 Å². The highest BCUT2D eigenvalue weighted by Crippen LogP contribution is 2.36. The molecule has 2 heterocycles. The highest BCUT2D eigenvalue weighted by Gasteiger charge is 2.38. The fraction of sp³-hybridized carbons (Fsp3) is 0.286. The molecule has 1 saturated heterocycles. The van der Waals surface area contributed by atoms with Gasteiger partial charge in [0.15, 0.2) is 0 Å². The van der Waals surface area contributed by atoms with Gasteiger partial charge in [0.05, 0.1) is 28.4 Å². The molecule has 1 amide bonds. The Kier molecular flexibility index (Phi) is 3.71. The third-order valence-electron chi connectivity index (χ3n) is 3.82. The van der Waals surface area contributed by atoms with Gasteiger partial charge in [-0.3, -0.25) is 9.89 Å². The topological polar surface area (TPSA) is 109 Å². The predicted octanol–water partition coefficient (Wildman–Crippen LogP) is 1.03. The van der Waals surface area contributed by atoms with Crippen molar-refractivity contribution >= 4 is 15.9 Å². The molecule has 1 aromatic heterocycles. The number of hydrogen-bond donors (Lipinski definition) is 2. The summed E-state index contributed by atoms with van der Waals surface area (Å²) >= 11 is 0. The van der Waals surface area contributed by atoms with Gasteiger partial charge in [-0.15, -0.1) is 0 Å². The number of carbonyl (C=O) groups is 1. The number of primary amides is 1. The molecule has 0 bridgehead atoms. The van der Waals surface area contributed by atoms with Crippen LogP contribution < -0.4 is 5.73 Å². The fourth-order valence-electron chi connectivity index (χ4n) is 2.79. The van der Waals surface area contributed by atoms with Crippen LogP contribution in [0.5, 0.6) is 0 Å². The molecule has 2 aromatic rings. The van der Waals surface area contributed by atoms with Crippen LogP contribution in [0, 0.1) is 0 Å². The van der Waals surface area contributed by atoms with Crippen LogP contribution in [-0.2, 0) is 10.0 Å². The number of carbonyl (C=O) groups excluding carboxylic acids is 1. The van der Waals surface area contributed by atoms with Crippen molar-refractivity contribution in [3.8, 4) is 0 Å². The van der Waals surface area contributed by atoms with E-state index in [0.29, 0.717) is 25.1 Å². The molecule has 1 aromatic carbocycles. The molecular formula is C14H16N4O3S. The molecule has 7 nitrogen and oxygen atoms in total. The lowest BCUT2D eigenvalue weighted by molar-refractivity contribution is 0.0998. The third kappa shape index (κ3) is 2.40. The van der Waals surface area contributed by atoms with Gasteiger partial charge < -0.3 is 5.73 Å². The number of benzene rings is 1. The Hall–Kier alpha value is -2.19. The van der Waals surface area contributed by atoms with E-state index in [1.54, 1.807) is 30.3 Å². The molecule has 0 spiro atoms. The number of rotatable bonds is 4. The Labute approximate surface area is 128 Å². The van der Waals surface area contributed by atoms with Crippen LogP contribution in [0.15, 0.2) is 41.4 Å². The Balaban J connectivity index is 2.01. The molecular weight excluding hydrogens is 304 g/mol. The summed E-state index contributed by atoms with van der Waals surface area (Å²) in [5.74, 6) is -0.618.